The van der Waals surface area contributed by atoms with E-state index in [4.69, 9.17) is 4.74 Å². The second-order valence-corrected chi connectivity index (χ2v) is 6.37. The maximum absolute atomic E-state index is 12.2. The summed E-state index contributed by atoms with van der Waals surface area (Å²) in [6, 6.07) is 5.39. The van der Waals surface area contributed by atoms with Gasteiger partial charge in [0.2, 0.25) is 0 Å². The highest BCUT2D eigenvalue weighted by Crippen LogP contribution is 2.29. The molecule has 1 aromatic rings. The fourth-order valence-corrected chi connectivity index (χ4v) is 2.82. The van der Waals surface area contributed by atoms with Gasteiger partial charge in [0.15, 0.2) is 6.04 Å². The fourth-order valence-electron chi connectivity index (χ4n) is 2.46. The van der Waals surface area contributed by atoms with Crippen LogP contribution in [0.3, 0.4) is 0 Å². The summed E-state index contributed by atoms with van der Waals surface area (Å²) in [6.45, 7) is 1.84. The number of carbonyl (C=O) groups excluding carboxylic acids is 1. The molecule has 0 aliphatic carbocycles. The van der Waals surface area contributed by atoms with Crippen LogP contribution in [0.15, 0.2) is 32.7 Å². The van der Waals surface area contributed by atoms with Gasteiger partial charge in [-0.15, -0.1) is 0 Å². The number of nitrogens with zero attached hydrogens (tertiary/aromatic N) is 4. The third kappa shape index (κ3) is 2.99. The molecule has 2 aliphatic rings. The lowest BCUT2D eigenvalue weighted by Gasteiger charge is -2.16. The molecular weight excluding hydrogens is 348 g/mol. The van der Waals surface area contributed by atoms with Crippen molar-refractivity contribution in [1.82, 2.24) is 9.80 Å². The zero-order valence-corrected chi connectivity index (χ0v) is 14.1. The van der Waals surface area contributed by atoms with E-state index in [0.717, 1.165) is 21.6 Å². The van der Waals surface area contributed by atoms with Crippen molar-refractivity contribution >= 4 is 34.0 Å². The van der Waals surface area contributed by atoms with Crippen LogP contribution < -0.4 is 4.74 Å². The predicted octanol–water partition coefficient (Wildman–Crippen LogP) is 1.39. The Morgan fingerprint density at radius 2 is 2.36 bits per heavy atom. The van der Waals surface area contributed by atoms with Crippen LogP contribution in [0.4, 0.5) is 0 Å². The summed E-state index contributed by atoms with van der Waals surface area (Å²) < 4.78 is 6.71. The lowest BCUT2D eigenvalue weighted by molar-refractivity contribution is -0.118. The van der Waals surface area contributed by atoms with Gasteiger partial charge in [-0.3, -0.25) is 9.79 Å². The Bertz CT molecular complexity index is 657. The highest BCUT2D eigenvalue weighted by Gasteiger charge is 2.33. The zero-order valence-electron chi connectivity index (χ0n) is 12.5. The van der Waals surface area contributed by atoms with Crippen molar-refractivity contribution in [3.63, 3.8) is 0 Å². The Labute approximate surface area is 137 Å². The van der Waals surface area contributed by atoms with Crippen molar-refractivity contribution in [3.05, 3.63) is 28.2 Å². The molecule has 7 heteroatoms. The molecule has 3 rings (SSSR count). The minimum atomic E-state index is -0.448. The Morgan fingerprint density at radius 1 is 1.55 bits per heavy atom. The molecule has 1 aromatic carbocycles. The first-order valence-corrected chi connectivity index (χ1v) is 7.84. The molecule has 2 heterocycles. The van der Waals surface area contributed by atoms with Gasteiger partial charge in [-0.1, -0.05) is 15.9 Å². The number of aliphatic imine (C=N–C) groups is 2. The number of halogens is 1. The van der Waals surface area contributed by atoms with E-state index in [1.807, 2.05) is 32.3 Å². The minimum Gasteiger partial charge on any atom is -0.491 e. The summed E-state index contributed by atoms with van der Waals surface area (Å²) in [6.07, 6.45) is 1.51. The molecule has 0 saturated carbocycles. The summed E-state index contributed by atoms with van der Waals surface area (Å²) in [5, 5.41) is 0. The number of hydrogen-bond donors (Lipinski definition) is 0. The predicted molar refractivity (Wildman–Crippen MR) is 88.7 cm³/mol. The smallest absolute Gasteiger partial charge is 0.273 e. The van der Waals surface area contributed by atoms with Gasteiger partial charge in [0, 0.05) is 18.6 Å². The minimum absolute atomic E-state index is 0.216. The summed E-state index contributed by atoms with van der Waals surface area (Å²) in [4.78, 5) is 24.5. The van der Waals surface area contributed by atoms with Crippen LogP contribution in [-0.2, 0) is 4.79 Å². The van der Waals surface area contributed by atoms with Gasteiger partial charge in [0.05, 0.1) is 25.0 Å². The van der Waals surface area contributed by atoms with Crippen molar-refractivity contribution in [3.8, 4) is 5.75 Å². The van der Waals surface area contributed by atoms with Crippen molar-refractivity contribution in [1.29, 1.82) is 0 Å². The lowest BCUT2D eigenvalue weighted by Crippen LogP contribution is -2.33. The van der Waals surface area contributed by atoms with Crippen LogP contribution in [-0.4, -0.2) is 67.7 Å². The van der Waals surface area contributed by atoms with Gasteiger partial charge in [-0.05, 0) is 18.2 Å². The molecule has 22 heavy (non-hydrogen) atoms. The first-order chi connectivity index (χ1) is 10.5. The number of ether oxygens (including phenoxy) is 1. The normalized spacial score (nSPS) is 20.0. The first-order valence-electron chi connectivity index (χ1n) is 7.04. The van der Waals surface area contributed by atoms with E-state index in [2.05, 4.69) is 30.8 Å². The van der Waals surface area contributed by atoms with Crippen LogP contribution in [0.5, 0.6) is 5.75 Å². The number of carbonyl (C=O) groups is 1. The van der Waals surface area contributed by atoms with Crippen molar-refractivity contribution in [2.75, 3.05) is 33.8 Å². The van der Waals surface area contributed by atoms with Crippen molar-refractivity contribution < 1.29 is 9.53 Å². The summed E-state index contributed by atoms with van der Waals surface area (Å²) in [5.41, 5.74) is 0.916. The van der Waals surface area contributed by atoms with E-state index in [1.54, 1.807) is 4.90 Å². The number of benzene rings is 1. The van der Waals surface area contributed by atoms with E-state index in [-0.39, 0.29) is 5.91 Å². The number of fused-ring (bicyclic) bond motifs is 3. The maximum atomic E-state index is 12.2. The molecule has 116 valence electrons. The molecule has 0 saturated heterocycles. The third-order valence-electron chi connectivity index (χ3n) is 3.47. The molecule has 1 amide bonds. The highest BCUT2D eigenvalue weighted by molar-refractivity contribution is 9.10. The average molecular weight is 365 g/mol. The van der Waals surface area contributed by atoms with Crippen molar-refractivity contribution in [2.45, 2.75) is 6.04 Å². The third-order valence-corrected chi connectivity index (χ3v) is 3.97. The van der Waals surface area contributed by atoms with E-state index < -0.39 is 6.04 Å². The molecular formula is C15H17BrN4O2. The second kappa shape index (κ2) is 6.08. The van der Waals surface area contributed by atoms with Crippen LogP contribution in [0, 0.1) is 0 Å². The Morgan fingerprint density at radius 3 is 3.14 bits per heavy atom. The van der Waals surface area contributed by atoms with Gasteiger partial charge in [-0.25, -0.2) is 4.99 Å². The summed E-state index contributed by atoms with van der Waals surface area (Å²) in [5.74, 6) is 1.40. The van der Waals surface area contributed by atoms with Gasteiger partial charge in [-0.2, -0.15) is 0 Å². The van der Waals surface area contributed by atoms with Gasteiger partial charge in [0.1, 0.15) is 18.2 Å². The van der Waals surface area contributed by atoms with Crippen LogP contribution >= 0.6 is 15.9 Å². The number of amidine groups is 1. The van der Waals surface area contributed by atoms with Gasteiger partial charge < -0.3 is 14.5 Å². The molecule has 0 N–H and O–H groups in total. The monoisotopic (exact) mass is 364 g/mol. The molecule has 0 radical (unpaired) electrons. The Hall–Kier alpha value is -1.89. The van der Waals surface area contributed by atoms with Gasteiger partial charge >= 0.3 is 0 Å². The molecule has 2 aliphatic heterocycles. The first kappa shape index (κ1) is 15.0. The van der Waals surface area contributed by atoms with E-state index in [1.165, 1.54) is 6.34 Å². The van der Waals surface area contributed by atoms with Crippen LogP contribution in [0.2, 0.25) is 0 Å². The van der Waals surface area contributed by atoms with E-state index >= 15 is 0 Å². The van der Waals surface area contributed by atoms with Gasteiger partial charge in [0.25, 0.3) is 5.91 Å². The fraction of sp³-hybridized carbons (Fsp3) is 0.400. The summed E-state index contributed by atoms with van der Waals surface area (Å²) in [7, 11) is 3.66. The number of hydrogen-bond acceptors (Lipinski definition) is 4. The average Bonchev–Trinajstić information content (AvgIpc) is 2.83. The summed E-state index contributed by atoms with van der Waals surface area (Å²) >= 11 is 3.47. The highest BCUT2D eigenvalue weighted by atomic mass is 79.9. The quantitative estimate of drug-likeness (QED) is 0.587. The number of rotatable bonds is 2. The molecule has 0 bridgehead atoms. The lowest BCUT2D eigenvalue weighted by atomic mass is 10.2. The van der Waals surface area contributed by atoms with E-state index in [9.17, 15) is 4.79 Å². The Kier molecular flexibility index (Phi) is 4.15. The van der Waals surface area contributed by atoms with E-state index in [0.29, 0.717) is 19.7 Å². The standard InChI is InChI=1S/C15H17BrN4O2/c1-19(2)9-17-15(21)12-8-20-5-6-22-13-4-3-10(16)7-11(13)14(20)18-12/h3-4,7,9,12H,5-6,8H2,1-2H3/b17-9+. The Balaban J connectivity index is 1.91. The second-order valence-electron chi connectivity index (χ2n) is 5.45. The van der Waals surface area contributed by atoms with Crippen molar-refractivity contribution in [2.24, 2.45) is 9.98 Å². The maximum Gasteiger partial charge on any atom is 0.273 e. The molecule has 0 aromatic heterocycles. The van der Waals surface area contributed by atoms with Crippen LogP contribution in [0.25, 0.3) is 0 Å². The molecule has 1 unspecified atom stereocenters. The SMILES string of the molecule is CN(C)/C=N/C(=O)C1CN2CCOc3ccc(Br)cc3C2=N1. The van der Waals surface area contributed by atoms with Crippen LogP contribution in [0.1, 0.15) is 5.56 Å². The largest absolute Gasteiger partial charge is 0.491 e. The molecule has 0 fully saturated rings. The molecule has 6 nitrogen and oxygen atoms in total. The number of amides is 1. The molecule has 1 atom stereocenters. The zero-order chi connectivity index (χ0) is 15.7. The molecule has 0 spiro atoms. The topological polar surface area (TPSA) is 57.5 Å².